The van der Waals surface area contributed by atoms with Crippen LogP contribution in [0.3, 0.4) is 0 Å². The average molecular weight is 338 g/mol. The number of nitrogens with zero attached hydrogens (tertiary/aromatic N) is 1. The molecule has 0 fully saturated rings. The van der Waals surface area contributed by atoms with E-state index in [4.69, 9.17) is 5.73 Å². The van der Waals surface area contributed by atoms with Crippen LogP contribution in [0.5, 0.6) is 0 Å². The summed E-state index contributed by atoms with van der Waals surface area (Å²) in [5.41, 5.74) is 10.1. The molecule has 0 amide bonds. The van der Waals surface area contributed by atoms with E-state index in [1.165, 1.54) is 5.39 Å². The molecular formula is C17H12BrN3. The number of nitrogens with two attached hydrogens (primary N) is 1. The van der Waals surface area contributed by atoms with E-state index in [0.717, 1.165) is 32.1 Å². The first kappa shape index (κ1) is 12.4. The zero-order chi connectivity index (χ0) is 14.4. The van der Waals surface area contributed by atoms with Crippen molar-refractivity contribution < 1.29 is 0 Å². The fourth-order valence-electron chi connectivity index (χ4n) is 2.68. The Kier molecular flexibility index (Phi) is 2.72. The van der Waals surface area contributed by atoms with Crippen molar-refractivity contribution >= 4 is 43.6 Å². The molecule has 2 heterocycles. The first-order chi connectivity index (χ1) is 10.2. The van der Waals surface area contributed by atoms with Crippen LogP contribution >= 0.6 is 15.9 Å². The molecule has 0 unspecified atom stereocenters. The van der Waals surface area contributed by atoms with Crippen molar-refractivity contribution in [3.8, 4) is 11.3 Å². The highest BCUT2D eigenvalue weighted by Crippen LogP contribution is 2.33. The van der Waals surface area contributed by atoms with Gasteiger partial charge in [-0.1, -0.05) is 46.3 Å². The van der Waals surface area contributed by atoms with Crippen LogP contribution in [0.25, 0.3) is 33.1 Å². The maximum absolute atomic E-state index is 6.01. The second kappa shape index (κ2) is 4.60. The first-order valence-electron chi connectivity index (χ1n) is 6.65. The van der Waals surface area contributed by atoms with Gasteiger partial charge >= 0.3 is 0 Å². The van der Waals surface area contributed by atoms with Crippen molar-refractivity contribution in [3.05, 3.63) is 59.1 Å². The fourth-order valence-corrected chi connectivity index (χ4v) is 2.95. The van der Waals surface area contributed by atoms with Crippen LogP contribution in [0.15, 0.2) is 59.1 Å². The SMILES string of the molecule is Nc1cc2c([nH]c3ccccc32)c(-c2ccc(Br)cc2)n1. The molecule has 0 aliphatic carbocycles. The molecule has 3 nitrogen and oxygen atoms in total. The number of hydrogen-bond donors (Lipinski definition) is 2. The molecule has 4 rings (SSSR count). The van der Waals surface area contributed by atoms with Crippen molar-refractivity contribution in [2.75, 3.05) is 5.73 Å². The minimum atomic E-state index is 0.533. The van der Waals surface area contributed by atoms with E-state index in [-0.39, 0.29) is 0 Å². The van der Waals surface area contributed by atoms with Crippen LogP contribution < -0.4 is 5.73 Å². The minimum absolute atomic E-state index is 0.533. The largest absolute Gasteiger partial charge is 0.384 e. The van der Waals surface area contributed by atoms with Crippen LogP contribution in [0.4, 0.5) is 5.82 Å². The van der Waals surface area contributed by atoms with Gasteiger partial charge in [0.05, 0.1) is 11.2 Å². The lowest BCUT2D eigenvalue weighted by Crippen LogP contribution is -1.93. The van der Waals surface area contributed by atoms with Crippen molar-refractivity contribution in [2.24, 2.45) is 0 Å². The van der Waals surface area contributed by atoms with E-state index in [9.17, 15) is 0 Å². The summed E-state index contributed by atoms with van der Waals surface area (Å²) < 4.78 is 1.04. The van der Waals surface area contributed by atoms with Crippen molar-refractivity contribution in [1.82, 2.24) is 9.97 Å². The van der Waals surface area contributed by atoms with Crippen LogP contribution in [0.2, 0.25) is 0 Å². The molecule has 0 spiro atoms. The van der Waals surface area contributed by atoms with Gasteiger partial charge in [0.1, 0.15) is 5.82 Å². The molecule has 21 heavy (non-hydrogen) atoms. The maximum atomic E-state index is 6.01. The lowest BCUT2D eigenvalue weighted by Gasteiger charge is -2.05. The van der Waals surface area contributed by atoms with E-state index < -0.39 is 0 Å². The Hall–Kier alpha value is -2.33. The van der Waals surface area contributed by atoms with Crippen LogP contribution in [0.1, 0.15) is 0 Å². The van der Waals surface area contributed by atoms with Gasteiger partial charge in [-0.3, -0.25) is 0 Å². The van der Waals surface area contributed by atoms with Gasteiger partial charge in [-0.2, -0.15) is 0 Å². The van der Waals surface area contributed by atoms with E-state index in [1.54, 1.807) is 0 Å². The number of hydrogen-bond acceptors (Lipinski definition) is 2. The molecule has 0 aliphatic heterocycles. The van der Waals surface area contributed by atoms with Crippen LogP contribution in [-0.2, 0) is 0 Å². The lowest BCUT2D eigenvalue weighted by molar-refractivity contribution is 1.35. The number of benzene rings is 2. The number of nitrogens with one attached hydrogen (secondary N) is 1. The summed E-state index contributed by atoms with van der Waals surface area (Å²) in [6, 6.07) is 18.2. The number of aromatic amines is 1. The van der Waals surface area contributed by atoms with E-state index in [2.05, 4.69) is 38.0 Å². The van der Waals surface area contributed by atoms with E-state index in [1.807, 2.05) is 42.5 Å². The summed E-state index contributed by atoms with van der Waals surface area (Å²) >= 11 is 3.46. The Bertz CT molecular complexity index is 955. The fraction of sp³-hybridized carbons (Fsp3) is 0. The van der Waals surface area contributed by atoms with Crippen molar-refractivity contribution in [1.29, 1.82) is 0 Å². The number of pyridine rings is 1. The molecule has 3 N–H and O–H groups in total. The van der Waals surface area contributed by atoms with Gasteiger partial charge in [-0.15, -0.1) is 0 Å². The third kappa shape index (κ3) is 1.99. The molecule has 0 bridgehead atoms. The topological polar surface area (TPSA) is 54.7 Å². The quantitative estimate of drug-likeness (QED) is 0.527. The Labute approximate surface area is 129 Å². The van der Waals surface area contributed by atoms with Gasteiger partial charge in [0.15, 0.2) is 0 Å². The van der Waals surface area contributed by atoms with Crippen LogP contribution in [0, 0.1) is 0 Å². The third-order valence-corrected chi connectivity index (χ3v) is 4.16. The summed E-state index contributed by atoms with van der Waals surface area (Å²) in [5.74, 6) is 0.533. The standard InChI is InChI=1S/C17H12BrN3/c18-11-7-5-10(6-8-11)16-17-13(9-15(19)21-16)12-3-1-2-4-14(12)20-17/h1-9,20H,(H2,19,21). The van der Waals surface area contributed by atoms with Gasteiger partial charge in [0, 0.05) is 26.3 Å². The number of H-pyrrole nitrogens is 1. The Morgan fingerprint density at radius 2 is 1.71 bits per heavy atom. The molecular weight excluding hydrogens is 326 g/mol. The van der Waals surface area contributed by atoms with Gasteiger partial charge in [0.25, 0.3) is 0 Å². The smallest absolute Gasteiger partial charge is 0.124 e. The summed E-state index contributed by atoms with van der Waals surface area (Å²) in [4.78, 5) is 7.98. The first-order valence-corrected chi connectivity index (χ1v) is 7.44. The zero-order valence-electron chi connectivity index (χ0n) is 11.1. The average Bonchev–Trinajstić information content (AvgIpc) is 2.86. The molecule has 102 valence electrons. The maximum Gasteiger partial charge on any atom is 0.124 e. The predicted molar refractivity (Wildman–Crippen MR) is 91.1 cm³/mol. The number of nitrogen functional groups attached to an aromatic ring is 1. The zero-order valence-corrected chi connectivity index (χ0v) is 12.7. The number of rotatable bonds is 1. The molecule has 4 aromatic rings. The number of para-hydroxylation sites is 1. The second-order valence-corrected chi connectivity index (χ2v) is 5.91. The molecule has 0 atom stereocenters. The van der Waals surface area contributed by atoms with E-state index >= 15 is 0 Å². The van der Waals surface area contributed by atoms with Crippen LogP contribution in [-0.4, -0.2) is 9.97 Å². The van der Waals surface area contributed by atoms with Gasteiger partial charge in [-0.25, -0.2) is 4.98 Å². The second-order valence-electron chi connectivity index (χ2n) is 5.00. The summed E-state index contributed by atoms with van der Waals surface area (Å²) in [6.07, 6.45) is 0. The van der Waals surface area contributed by atoms with Gasteiger partial charge in [-0.05, 0) is 24.3 Å². The Balaban J connectivity index is 2.10. The number of anilines is 1. The van der Waals surface area contributed by atoms with E-state index in [0.29, 0.717) is 5.82 Å². The summed E-state index contributed by atoms with van der Waals surface area (Å²) in [6.45, 7) is 0. The Morgan fingerprint density at radius 1 is 0.952 bits per heavy atom. The predicted octanol–water partition coefficient (Wildman–Crippen LogP) is 4.73. The van der Waals surface area contributed by atoms with Gasteiger partial charge in [0.2, 0.25) is 0 Å². The number of halogens is 1. The number of aromatic nitrogens is 2. The molecule has 0 radical (unpaired) electrons. The summed E-state index contributed by atoms with van der Waals surface area (Å²) in [7, 11) is 0. The molecule has 4 heteroatoms. The molecule has 2 aromatic heterocycles. The summed E-state index contributed by atoms with van der Waals surface area (Å²) in [5, 5.41) is 2.27. The highest BCUT2D eigenvalue weighted by Gasteiger charge is 2.12. The number of fused-ring (bicyclic) bond motifs is 3. The molecule has 2 aromatic carbocycles. The molecule has 0 saturated carbocycles. The highest BCUT2D eigenvalue weighted by molar-refractivity contribution is 9.10. The van der Waals surface area contributed by atoms with Gasteiger partial charge < -0.3 is 10.7 Å². The Morgan fingerprint density at radius 3 is 2.52 bits per heavy atom. The normalized spacial score (nSPS) is 11.3. The van der Waals surface area contributed by atoms with Crippen molar-refractivity contribution in [3.63, 3.8) is 0 Å². The van der Waals surface area contributed by atoms with Crippen molar-refractivity contribution in [2.45, 2.75) is 0 Å². The molecule has 0 saturated heterocycles. The lowest BCUT2D eigenvalue weighted by atomic mass is 10.1. The monoisotopic (exact) mass is 337 g/mol. The highest BCUT2D eigenvalue weighted by atomic mass is 79.9. The third-order valence-electron chi connectivity index (χ3n) is 3.63. The minimum Gasteiger partial charge on any atom is -0.384 e. The molecule has 0 aliphatic rings.